The van der Waals surface area contributed by atoms with E-state index in [9.17, 15) is 4.79 Å². The number of benzene rings is 1. The van der Waals surface area contributed by atoms with Crippen LogP contribution in [0.25, 0.3) is 0 Å². The maximum atomic E-state index is 12.4. The van der Waals surface area contributed by atoms with E-state index in [4.69, 9.17) is 0 Å². The van der Waals surface area contributed by atoms with Crippen LogP contribution < -0.4 is 10.2 Å². The molecule has 3 heteroatoms. The van der Waals surface area contributed by atoms with Crippen molar-refractivity contribution < 1.29 is 4.79 Å². The molecular weight excluding hydrogens is 284 g/mol. The largest absolute Gasteiger partial charge is 0.371 e. The van der Waals surface area contributed by atoms with Gasteiger partial charge in [0.05, 0.1) is 0 Å². The van der Waals surface area contributed by atoms with Crippen molar-refractivity contribution >= 4 is 11.6 Å². The highest BCUT2D eigenvalue weighted by molar-refractivity contribution is 5.79. The molecule has 3 nitrogen and oxygen atoms in total. The van der Waals surface area contributed by atoms with Gasteiger partial charge in [-0.3, -0.25) is 4.79 Å². The minimum Gasteiger partial charge on any atom is -0.371 e. The van der Waals surface area contributed by atoms with Gasteiger partial charge in [-0.05, 0) is 37.3 Å². The van der Waals surface area contributed by atoms with Gasteiger partial charge in [-0.15, -0.1) is 0 Å². The van der Waals surface area contributed by atoms with Crippen molar-refractivity contribution in [2.24, 2.45) is 11.8 Å². The van der Waals surface area contributed by atoms with Crippen molar-refractivity contribution in [3.8, 4) is 0 Å². The number of hydrogen-bond acceptors (Lipinski definition) is 2. The maximum absolute atomic E-state index is 12.4. The van der Waals surface area contributed by atoms with Crippen molar-refractivity contribution in [1.82, 2.24) is 5.32 Å². The molecule has 1 aromatic rings. The Kier molecular flexibility index (Phi) is 7.44. The van der Waals surface area contributed by atoms with E-state index in [1.54, 1.807) is 0 Å². The molecule has 1 atom stereocenters. The molecule has 2 rings (SSSR count). The van der Waals surface area contributed by atoms with Crippen LogP contribution in [0, 0.1) is 11.8 Å². The van der Waals surface area contributed by atoms with Crippen LogP contribution in [0.5, 0.6) is 0 Å². The average molecular weight is 316 g/mol. The van der Waals surface area contributed by atoms with E-state index in [0.717, 1.165) is 38.9 Å². The van der Waals surface area contributed by atoms with Gasteiger partial charge in [0.1, 0.15) is 0 Å². The van der Waals surface area contributed by atoms with Gasteiger partial charge in [0.2, 0.25) is 5.91 Å². The summed E-state index contributed by atoms with van der Waals surface area (Å²) in [5.41, 5.74) is 1.27. The number of amides is 1. The number of anilines is 1. The van der Waals surface area contributed by atoms with Crippen LogP contribution in [0.1, 0.15) is 52.4 Å². The van der Waals surface area contributed by atoms with Gasteiger partial charge in [0.25, 0.3) is 0 Å². The van der Waals surface area contributed by atoms with Crippen molar-refractivity contribution in [3.63, 3.8) is 0 Å². The third-order valence-corrected chi connectivity index (χ3v) is 5.10. The zero-order valence-corrected chi connectivity index (χ0v) is 14.8. The lowest BCUT2D eigenvalue weighted by molar-refractivity contribution is -0.125. The predicted molar refractivity (Wildman–Crippen MR) is 97.7 cm³/mol. The zero-order chi connectivity index (χ0) is 16.5. The first-order valence-electron chi connectivity index (χ1n) is 9.32. The zero-order valence-electron chi connectivity index (χ0n) is 14.8. The fourth-order valence-electron chi connectivity index (χ4n) is 3.37. The monoisotopic (exact) mass is 316 g/mol. The topological polar surface area (TPSA) is 32.3 Å². The van der Waals surface area contributed by atoms with Crippen LogP contribution in [0.3, 0.4) is 0 Å². The SMILES string of the molecule is CCCCC(CC)CNC(=O)C1CCN(c2ccccc2)CC1. The van der Waals surface area contributed by atoms with Crippen LogP contribution in [0.4, 0.5) is 5.69 Å². The Balaban J connectivity index is 1.73. The van der Waals surface area contributed by atoms with E-state index in [0.29, 0.717) is 5.92 Å². The Labute approximate surface area is 141 Å². The summed E-state index contributed by atoms with van der Waals surface area (Å²) >= 11 is 0. The first-order chi connectivity index (χ1) is 11.2. The molecule has 0 saturated carbocycles. The molecule has 0 bridgehead atoms. The molecule has 1 fully saturated rings. The van der Waals surface area contributed by atoms with Crippen molar-refractivity contribution in [1.29, 1.82) is 0 Å². The van der Waals surface area contributed by atoms with Crippen LogP contribution in [0.15, 0.2) is 30.3 Å². The van der Waals surface area contributed by atoms with E-state index < -0.39 is 0 Å². The average Bonchev–Trinajstić information content (AvgIpc) is 2.62. The van der Waals surface area contributed by atoms with E-state index >= 15 is 0 Å². The molecule has 0 radical (unpaired) electrons. The molecule has 1 aliphatic rings. The molecule has 1 aromatic carbocycles. The minimum absolute atomic E-state index is 0.193. The molecule has 1 amide bonds. The van der Waals surface area contributed by atoms with E-state index in [-0.39, 0.29) is 11.8 Å². The van der Waals surface area contributed by atoms with Gasteiger partial charge >= 0.3 is 0 Å². The highest BCUT2D eigenvalue weighted by Crippen LogP contribution is 2.23. The number of nitrogens with one attached hydrogen (secondary N) is 1. The number of unbranched alkanes of at least 4 members (excludes halogenated alkanes) is 1. The number of piperidine rings is 1. The number of para-hydroxylation sites is 1. The van der Waals surface area contributed by atoms with Crippen LogP contribution in [-0.4, -0.2) is 25.5 Å². The number of nitrogens with zero attached hydrogens (tertiary/aromatic N) is 1. The van der Waals surface area contributed by atoms with Crippen molar-refractivity contribution in [2.45, 2.75) is 52.4 Å². The number of hydrogen-bond donors (Lipinski definition) is 1. The molecule has 23 heavy (non-hydrogen) atoms. The summed E-state index contributed by atoms with van der Waals surface area (Å²) in [5, 5.41) is 3.21. The highest BCUT2D eigenvalue weighted by Gasteiger charge is 2.25. The molecule has 0 spiro atoms. The van der Waals surface area contributed by atoms with Gasteiger partial charge in [0, 0.05) is 31.2 Å². The van der Waals surface area contributed by atoms with Crippen LogP contribution in [-0.2, 0) is 4.79 Å². The van der Waals surface area contributed by atoms with Gasteiger partial charge in [0.15, 0.2) is 0 Å². The smallest absolute Gasteiger partial charge is 0.223 e. The fraction of sp³-hybridized carbons (Fsp3) is 0.650. The molecule has 1 heterocycles. The Morgan fingerprint density at radius 2 is 1.91 bits per heavy atom. The highest BCUT2D eigenvalue weighted by atomic mass is 16.1. The minimum atomic E-state index is 0.193. The number of carbonyl (C=O) groups is 1. The number of carbonyl (C=O) groups excluding carboxylic acids is 1. The Bertz CT molecular complexity index is 452. The van der Waals surface area contributed by atoms with Crippen molar-refractivity contribution in [2.75, 3.05) is 24.5 Å². The van der Waals surface area contributed by atoms with Crippen LogP contribution >= 0.6 is 0 Å². The summed E-state index contributed by atoms with van der Waals surface area (Å²) in [7, 11) is 0. The molecule has 0 aromatic heterocycles. The summed E-state index contributed by atoms with van der Waals surface area (Å²) < 4.78 is 0. The van der Waals surface area contributed by atoms with E-state index in [2.05, 4.69) is 48.3 Å². The fourth-order valence-corrected chi connectivity index (χ4v) is 3.37. The van der Waals surface area contributed by atoms with Crippen LogP contribution in [0.2, 0.25) is 0 Å². The summed E-state index contributed by atoms with van der Waals surface area (Å²) in [5.74, 6) is 1.11. The Hall–Kier alpha value is -1.51. The third-order valence-electron chi connectivity index (χ3n) is 5.10. The quantitative estimate of drug-likeness (QED) is 0.778. The summed E-state index contributed by atoms with van der Waals surface area (Å²) in [6.07, 6.45) is 6.83. The third kappa shape index (κ3) is 5.56. The normalized spacial score (nSPS) is 17.0. The van der Waals surface area contributed by atoms with Gasteiger partial charge in [-0.25, -0.2) is 0 Å². The lowest BCUT2D eigenvalue weighted by atomic mass is 9.94. The molecule has 0 aliphatic carbocycles. The first kappa shape index (κ1) is 17.8. The van der Waals surface area contributed by atoms with Gasteiger partial charge < -0.3 is 10.2 Å². The predicted octanol–water partition coefficient (Wildman–Crippen LogP) is 4.24. The number of rotatable bonds is 8. The van der Waals surface area contributed by atoms with Gasteiger partial charge in [-0.2, -0.15) is 0 Å². The Morgan fingerprint density at radius 3 is 2.52 bits per heavy atom. The second-order valence-corrected chi connectivity index (χ2v) is 6.76. The summed E-state index contributed by atoms with van der Waals surface area (Å²) in [4.78, 5) is 14.8. The standard InChI is InChI=1S/C20H32N2O/c1-3-5-9-17(4-2)16-21-20(23)18-12-14-22(15-13-18)19-10-7-6-8-11-19/h6-8,10-11,17-18H,3-5,9,12-16H2,1-2H3,(H,21,23). The first-order valence-corrected chi connectivity index (χ1v) is 9.32. The lowest BCUT2D eigenvalue weighted by Gasteiger charge is -2.33. The van der Waals surface area contributed by atoms with E-state index in [1.165, 1.54) is 24.9 Å². The molecule has 1 N–H and O–H groups in total. The lowest BCUT2D eigenvalue weighted by Crippen LogP contribution is -2.41. The van der Waals surface area contributed by atoms with Crippen molar-refractivity contribution in [3.05, 3.63) is 30.3 Å². The molecule has 1 saturated heterocycles. The molecule has 128 valence electrons. The Morgan fingerprint density at radius 1 is 1.22 bits per heavy atom. The summed E-state index contributed by atoms with van der Waals surface area (Å²) in [6.45, 7) is 7.27. The molecule has 1 aliphatic heterocycles. The molecule has 1 unspecified atom stereocenters. The van der Waals surface area contributed by atoms with E-state index in [1.807, 2.05) is 6.07 Å². The van der Waals surface area contributed by atoms with Gasteiger partial charge in [-0.1, -0.05) is 51.3 Å². The second kappa shape index (κ2) is 9.59. The second-order valence-electron chi connectivity index (χ2n) is 6.76. The maximum Gasteiger partial charge on any atom is 0.223 e. The summed E-state index contributed by atoms with van der Waals surface area (Å²) in [6, 6.07) is 10.5. The molecular formula is C20H32N2O.